The monoisotopic (exact) mass is 709 g/mol. The fraction of sp³-hybridized carbons (Fsp3) is 0.811. The third-order valence-corrected chi connectivity index (χ3v) is 10.8. The van der Waals surface area contributed by atoms with Crippen LogP contribution in [0.25, 0.3) is 0 Å². The van der Waals surface area contributed by atoms with E-state index in [2.05, 4.69) is 4.98 Å². The van der Waals surface area contributed by atoms with Gasteiger partial charge in [-0.05, 0) is 92.6 Å². The fourth-order valence-electron chi connectivity index (χ4n) is 7.80. The summed E-state index contributed by atoms with van der Waals surface area (Å²) in [6.45, 7) is 14.2. The van der Waals surface area contributed by atoms with Crippen molar-refractivity contribution in [3.05, 3.63) is 30.1 Å². The molecule has 2 saturated heterocycles. The van der Waals surface area contributed by atoms with Crippen LogP contribution < -0.4 is 0 Å². The number of carbonyl (C=O) groups is 2. The summed E-state index contributed by atoms with van der Waals surface area (Å²) in [6.07, 6.45) is -3.11. The van der Waals surface area contributed by atoms with E-state index < -0.39 is 77.8 Å². The second-order valence-corrected chi connectivity index (χ2v) is 15.6. The summed E-state index contributed by atoms with van der Waals surface area (Å²) in [4.78, 5) is 35.4. The van der Waals surface area contributed by atoms with Crippen molar-refractivity contribution in [3.63, 3.8) is 0 Å². The molecule has 0 bridgehead atoms. The molecule has 2 aliphatic rings. The molecule has 0 radical (unpaired) electrons. The van der Waals surface area contributed by atoms with E-state index in [9.17, 15) is 30.0 Å². The Bertz CT molecular complexity index is 1230. The van der Waals surface area contributed by atoms with Crippen LogP contribution in [0.4, 0.5) is 0 Å². The minimum absolute atomic E-state index is 0.118. The van der Waals surface area contributed by atoms with Gasteiger partial charge in [-0.1, -0.05) is 26.8 Å². The predicted octanol–water partition coefficient (Wildman–Crippen LogP) is 2.16. The first-order valence-electron chi connectivity index (χ1n) is 18.0. The van der Waals surface area contributed by atoms with Crippen molar-refractivity contribution >= 4 is 11.9 Å². The van der Waals surface area contributed by atoms with Crippen molar-refractivity contribution in [2.75, 3.05) is 27.7 Å². The van der Waals surface area contributed by atoms with Crippen LogP contribution in [-0.2, 0) is 35.0 Å². The van der Waals surface area contributed by atoms with Crippen LogP contribution in [0.5, 0.6) is 0 Å². The summed E-state index contributed by atoms with van der Waals surface area (Å²) < 4.78 is 24.8. The Labute approximate surface area is 298 Å². The number of esters is 2. The van der Waals surface area contributed by atoms with Crippen molar-refractivity contribution in [1.29, 1.82) is 0 Å². The second-order valence-electron chi connectivity index (χ2n) is 15.6. The highest BCUT2D eigenvalue weighted by Crippen LogP contribution is 2.37. The van der Waals surface area contributed by atoms with Gasteiger partial charge in [-0.3, -0.25) is 14.6 Å². The minimum atomic E-state index is -1.81. The molecule has 1 aromatic heterocycles. The molecule has 0 saturated carbocycles. The molecule has 50 heavy (non-hydrogen) atoms. The van der Waals surface area contributed by atoms with Crippen molar-refractivity contribution in [3.8, 4) is 0 Å². The van der Waals surface area contributed by atoms with Crippen molar-refractivity contribution in [2.24, 2.45) is 17.8 Å². The van der Waals surface area contributed by atoms with Crippen LogP contribution in [0.1, 0.15) is 80.2 Å². The summed E-state index contributed by atoms with van der Waals surface area (Å²) >= 11 is 0. The van der Waals surface area contributed by atoms with E-state index in [-0.39, 0.29) is 37.3 Å². The maximum Gasteiger partial charge on any atom is 0.312 e. The summed E-state index contributed by atoms with van der Waals surface area (Å²) in [5.41, 5.74) is -2.79. The molecule has 13 heteroatoms. The van der Waals surface area contributed by atoms with Gasteiger partial charge in [0, 0.05) is 36.9 Å². The van der Waals surface area contributed by atoms with E-state index in [1.54, 1.807) is 59.1 Å². The predicted molar refractivity (Wildman–Crippen MR) is 187 cm³/mol. The highest BCUT2D eigenvalue weighted by atomic mass is 16.7. The van der Waals surface area contributed by atoms with Crippen LogP contribution in [-0.4, -0.2) is 141 Å². The Morgan fingerprint density at radius 2 is 1.80 bits per heavy atom. The third kappa shape index (κ3) is 10.2. The molecule has 2 aliphatic heterocycles. The number of aliphatic hydroxyl groups is 4. The number of aromatic nitrogens is 1. The molecule has 1 aromatic rings. The Morgan fingerprint density at radius 3 is 2.38 bits per heavy atom. The SMILES string of the molecule is CC[C@H]1OC(=O)[C@H](C)[C@@H](OC(=O)Cc2cccnc2)[C@H](C)[C@@H](OC2O[C@H](C)C[C@H](N(C)C)[C@H]2O)[C@@](C)(O)C[C@@H](C)CN(C)[C@H](C)[C@@H](O)[C@]1(C)O. The Kier molecular flexibility index (Phi) is 14.8. The molecule has 3 heterocycles. The van der Waals surface area contributed by atoms with Crippen molar-refractivity contribution in [2.45, 2.75) is 147 Å². The van der Waals surface area contributed by atoms with Crippen molar-refractivity contribution < 1.29 is 49.0 Å². The van der Waals surface area contributed by atoms with Crippen molar-refractivity contribution in [1.82, 2.24) is 14.8 Å². The van der Waals surface area contributed by atoms with Crippen LogP contribution in [0.15, 0.2) is 24.5 Å². The lowest BCUT2D eigenvalue weighted by atomic mass is 9.77. The van der Waals surface area contributed by atoms with E-state index in [4.69, 9.17) is 18.9 Å². The number of pyridine rings is 1. The molecule has 286 valence electrons. The average Bonchev–Trinajstić information content (AvgIpc) is 3.04. The van der Waals surface area contributed by atoms with Crippen LogP contribution in [0.3, 0.4) is 0 Å². The van der Waals surface area contributed by atoms with Crippen LogP contribution in [0.2, 0.25) is 0 Å². The molecule has 13 nitrogen and oxygen atoms in total. The lowest BCUT2D eigenvalue weighted by Crippen LogP contribution is -2.59. The number of nitrogens with zero attached hydrogens (tertiary/aromatic N) is 3. The minimum Gasteiger partial charge on any atom is -0.461 e. The Balaban J connectivity index is 2.13. The third-order valence-electron chi connectivity index (χ3n) is 10.8. The summed E-state index contributed by atoms with van der Waals surface area (Å²) in [7, 11) is 5.56. The lowest BCUT2D eigenvalue weighted by molar-refractivity contribution is -0.299. The lowest BCUT2D eigenvalue weighted by Gasteiger charge is -2.47. The summed E-state index contributed by atoms with van der Waals surface area (Å²) in [6, 6.07) is 2.62. The molecule has 0 aromatic carbocycles. The number of carbonyl (C=O) groups excluding carboxylic acids is 2. The number of cyclic esters (lactones) is 1. The van der Waals surface area contributed by atoms with Crippen LogP contribution >= 0.6 is 0 Å². The molecular weight excluding hydrogens is 646 g/mol. The first-order valence-corrected chi connectivity index (χ1v) is 18.0. The Morgan fingerprint density at radius 1 is 1.14 bits per heavy atom. The molecule has 0 amide bonds. The molecule has 14 atom stereocenters. The number of likely N-dealkylation sites (N-methyl/N-ethyl adjacent to an activating group) is 2. The fourth-order valence-corrected chi connectivity index (χ4v) is 7.80. The van der Waals surface area contributed by atoms with E-state index >= 15 is 0 Å². The van der Waals surface area contributed by atoms with Gasteiger partial charge in [0.25, 0.3) is 0 Å². The average molecular weight is 710 g/mol. The number of hydrogen-bond acceptors (Lipinski definition) is 13. The zero-order valence-corrected chi connectivity index (χ0v) is 31.9. The largest absolute Gasteiger partial charge is 0.461 e. The van der Waals surface area contributed by atoms with E-state index in [1.807, 2.05) is 44.8 Å². The molecule has 1 unspecified atom stereocenters. The topological polar surface area (TPSA) is 171 Å². The van der Waals surface area contributed by atoms with Crippen LogP contribution in [0, 0.1) is 17.8 Å². The summed E-state index contributed by atoms with van der Waals surface area (Å²) in [5, 5.41) is 46.8. The first-order chi connectivity index (χ1) is 23.2. The van der Waals surface area contributed by atoms with Gasteiger partial charge in [0.2, 0.25) is 0 Å². The number of ether oxygens (including phenoxy) is 4. The zero-order chi connectivity index (χ0) is 37.7. The molecule has 4 N–H and O–H groups in total. The van der Waals surface area contributed by atoms with E-state index in [0.29, 0.717) is 18.5 Å². The van der Waals surface area contributed by atoms with Gasteiger partial charge in [0.15, 0.2) is 6.29 Å². The number of aliphatic hydroxyl groups excluding tert-OH is 2. The normalized spacial score (nSPS) is 41.6. The van der Waals surface area contributed by atoms with E-state index in [0.717, 1.165) is 0 Å². The van der Waals surface area contributed by atoms with Gasteiger partial charge in [-0.2, -0.15) is 0 Å². The maximum atomic E-state index is 14.0. The molecule has 0 spiro atoms. The maximum absolute atomic E-state index is 14.0. The number of rotatable bonds is 7. The van der Waals surface area contributed by atoms with Gasteiger partial charge in [-0.15, -0.1) is 0 Å². The molecule has 2 fully saturated rings. The smallest absolute Gasteiger partial charge is 0.312 e. The Hall–Kier alpha value is -2.23. The highest BCUT2D eigenvalue weighted by molar-refractivity contribution is 5.76. The van der Waals surface area contributed by atoms with Gasteiger partial charge in [-0.25, -0.2) is 0 Å². The second kappa shape index (κ2) is 17.5. The standard InChI is InChI=1S/C37H63N3O10/c1-12-28-37(8,46)32(43)25(6)40(11)20-21(2)18-36(7,45)33(50-35-30(42)27(39(9)10)16-22(3)47-35)23(4)31(24(5)34(44)48-28)49-29(41)17-26-14-13-15-38-19-26/h13-15,19,21-25,27-28,30-33,35,42-43,45-46H,12,16-18,20H2,1-11H3/t21-,22-,23+,24-,25-,27+,28-,30-,31+,32-,33-,35?,36+,37-/m1/s1. The molecular formula is C37H63N3O10. The van der Waals surface area contributed by atoms with Gasteiger partial charge in [0.05, 0.1) is 30.1 Å². The van der Waals surface area contributed by atoms with Gasteiger partial charge in [0.1, 0.15) is 30.0 Å². The number of hydrogen-bond donors (Lipinski definition) is 4. The first kappa shape index (κ1) is 42.2. The van der Waals surface area contributed by atoms with E-state index in [1.165, 1.54) is 6.92 Å². The quantitative estimate of drug-likeness (QED) is 0.304. The zero-order valence-electron chi connectivity index (χ0n) is 31.9. The van der Waals surface area contributed by atoms with Gasteiger partial charge < -0.3 is 49.2 Å². The molecule has 0 aliphatic carbocycles. The molecule has 3 rings (SSSR count). The van der Waals surface area contributed by atoms with Gasteiger partial charge >= 0.3 is 11.9 Å². The summed E-state index contributed by atoms with van der Waals surface area (Å²) in [5.74, 6) is -3.48. The highest BCUT2D eigenvalue weighted by Gasteiger charge is 2.51.